The zero-order valence-electron chi connectivity index (χ0n) is 12.9. The summed E-state index contributed by atoms with van der Waals surface area (Å²) in [6, 6.07) is 0. The van der Waals surface area contributed by atoms with E-state index in [1.807, 2.05) is 7.05 Å². The van der Waals surface area contributed by atoms with Crippen molar-refractivity contribution in [1.29, 1.82) is 0 Å². The summed E-state index contributed by atoms with van der Waals surface area (Å²) < 4.78 is 6.21. The van der Waals surface area contributed by atoms with E-state index in [4.69, 9.17) is 4.74 Å². The zero-order chi connectivity index (χ0) is 14.4. The molecule has 110 valence electrons. The number of hydrogen-bond donors (Lipinski definition) is 1. The lowest BCUT2D eigenvalue weighted by molar-refractivity contribution is -0.0560. The molecular formula is C16H25N3O. The summed E-state index contributed by atoms with van der Waals surface area (Å²) in [5.41, 5.74) is 1.63. The molecule has 2 saturated carbocycles. The highest BCUT2D eigenvalue weighted by atomic mass is 16.5. The first-order valence-electron chi connectivity index (χ1n) is 7.57. The van der Waals surface area contributed by atoms with Gasteiger partial charge in [0.15, 0.2) is 0 Å². The fraction of sp³-hybridized carbons (Fsp3) is 0.750. The fourth-order valence-corrected chi connectivity index (χ4v) is 4.13. The first-order valence-corrected chi connectivity index (χ1v) is 7.57. The van der Waals surface area contributed by atoms with Crippen LogP contribution in [0.25, 0.3) is 0 Å². The standard InChI is InChI=1S/C16H25N3O/c1-15(2)11-5-6-16(15,3)13(7-11)20-10-12-8-19-14(17-4)9-18-12/h8-9,11,13H,5-7,10H2,1-4H3,(H,17,19). The van der Waals surface area contributed by atoms with Crippen molar-refractivity contribution in [3.63, 3.8) is 0 Å². The molecule has 2 aliphatic carbocycles. The van der Waals surface area contributed by atoms with Gasteiger partial charge in [-0.25, -0.2) is 4.98 Å². The molecule has 1 aromatic heterocycles. The first kappa shape index (κ1) is 13.8. The van der Waals surface area contributed by atoms with Crippen LogP contribution in [-0.2, 0) is 11.3 Å². The Morgan fingerprint density at radius 2 is 2.10 bits per heavy atom. The lowest BCUT2D eigenvalue weighted by Crippen LogP contribution is -2.37. The maximum atomic E-state index is 6.21. The Morgan fingerprint density at radius 1 is 1.30 bits per heavy atom. The minimum Gasteiger partial charge on any atom is -0.372 e. The van der Waals surface area contributed by atoms with Gasteiger partial charge in [0.25, 0.3) is 0 Å². The maximum Gasteiger partial charge on any atom is 0.144 e. The highest BCUT2D eigenvalue weighted by Crippen LogP contribution is 2.66. The van der Waals surface area contributed by atoms with Crippen LogP contribution in [0.4, 0.5) is 5.82 Å². The van der Waals surface area contributed by atoms with Gasteiger partial charge >= 0.3 is 0 Å². The van der Waals surface area contributed by atoms with E-state index in [1.54, 1.807) is 12.4 Å². The minimum atomic E-state index is 0.315. The maximum absolute atomic E-state index is 6.21. The number of aromatic nitrogens is 2. The summed E-state index contributed by atoms with van der Waals surface area (Å²) in [5.74, 6) is 1.61. The molecule has 1 heterocycles. The molecule has 4 nitrogen and oxygen atoms in total. The summed E-state index contributed by atoms with van der Waals surface area (Å²) in [4.78, 5) is 8.66. The number of hydrogen-bond acceptors (Lipinski definition) is 4. The van der Waals surface area contributed by atoms with Crippen LogP contribution in [0.15, 0.2) is 12.4 Å². The van der Waals surface area contributed by atoms with Crippen LogP contribution in [0.3, 0.4) is 0 Å². The molecule has 4 heteroatoms. The molecule has 0 radical (unpaired) electrons. The molecule has 2 bridgehead atoms. The molecule has 3 atom stereocenters. The second kappa shape index (κ2) is 4.69. The molecule has 1 aromatic rings. The Kier molecular flexibility index (Phi) is 3.24. The van der Waals surface area contributed by atoms with Crippen molar-refractivity contribution in [3.05, 3.63) is 18.1 Å². The van der Waals surface area contributed by atoms with Crippen LogP contribution in [0.1, 0.15) is 45.7 Å². The van der Waals surface area contributed by atoms with Crippen LogP contribution in [-0.4, -0.2) is 23.1 Å². The molecule has 0 aromatic carbocycles. The number of anilines is 1. The van der Waals surface area contributed by atoms with Gasteiger partial charge in [0.1, 0.15) is 5.82 Å². The molecule has 0 spiro atoms. The molecular weight excluding hydrogens is 250 g/mol. The number of rotatable bonds is 4. The average Bonchev–Trinajstić information content (AvgIpc) is 2.78. The normalized spacial score (nSPS) is 34.4. The second-order valence-corrected chi connectivity index (χ2v) is 7.05. The van der Waals surface area contributed by atoms with Crippen molar-refractivity contribution >= 4 is 5.82 Å². The number of fused-ring (bicyclic) bond motifs is 2. The Bertz CT molecular complexity index is 485. The topological polar surface area (TPSA) is 47.0 Å². The molecule has 1 N–H and O–H groups in total. The van der Waals surface area contributed by atoms with Crippen molar-refractivity contribution < 1.29 is 4.74 Å². The van der Waals surface area contributed by atoms with Gasteiger partial charge in [0.2, 0.25) is 0 Å². The van der Waals surface area contributed by atoms with E-state index < -0.39 is 0 Å². The van der Waals surface area contributed by atoms with Gasteiger partial charge in [-0.3, -0.25) is 4.98 Å². The number of ether oxygens (including phenoxy) is 1. The molecule has 0 amide bonds. The van der Waals surface area contributed by atoms with Crippen LogP contribution >= 0.6 is 0 Å². The van der Waals surface area contributed by atoms with Crippen molar-refractivity contribution in [2.45, 2.75) is 52.7 Å². The lowest BCUT2D eigenvalue weighted by Gasteiger charge is -2.38. The SMILES string of the molecule is CNc1cnc(COC2CC3CCC2(C)C3(C)C)cn1. The van der Waals surface area contributed by atoms with Gasteiger partial charge in [-0.2, -0.15) is 0 Å². The van der Waals surface area contributed by atoms with E-state index in [0.29, 0.717) is 23.5 Å². The van der Waals surface area contributed by atoms with E-state index in [0.717, 1.165) is 17.4 Å². The van der Waals surface area contributed by atoms with E-state index >= 15 is 0 Å². The summed E-state index contributed by atoms with van der Waals surface area (Å²) in [7, 11) is 1.85. The minimum absolute atomic E-state index is 0.315. The van der Waals surface area contributed by atoms with Crippen molar-refractivity contribution in [3.8, 4) is 0 Å². The Hall–Kier alpha value is -1.16. The van der Waals surface area contributed by atoms with E-state index in [9.17, 15) is 0 Å². The smallest absolute Gasteiger partial charge is 0.144 e. The second-order valence-electron chi connectivity index (χ2n) is 7.05. The highest BCUT2D eigenvalue weighted by molar-refractivity contribution is 5.29. The predicted molar refractivity (Wildman–Crippen MR) is 79.4 cm³/mol. The molecule has 0 saturated heterocycles. The summed E-state index contributed by atoms with van der Waals surface area (Å²) in [5, 5.41) is 2.98. The zero-order valence-corrected chi connectivity index (χ0v) is 12.9. The van der Waals surface area contributed by atoms with Crippen LogP contribution in [0.5, 0.6) is 0 Å². The van der Waals surface area contributed by atoms with E-state index in [-0.39, 0.29) is 0 Å². The third kappa shape index (κ3) is 1.93. The molecule has 3 rings (SSSR count). The van der Waals surface area contributed by atoms with Crippen LogP contribution < -0.4 is 5.32 Å². The largest absolute Gasteiger partial charge is 0.372 e. The van der Waals surface area contributed by atoms with Gasteiger partial charge in [0.05, 0.1) is 30.8 Å². The third-order valence-electron chi connectivity index (χ3n) is 6.11. The molecule has 2 fully saturated rings. The third-order valence-corrected chi connectivity index (χ3v) is 6.11. The van der Waals surface area contributed by atoms with Crippen molar-refractivity contribution in [1.82, 2.24) is 9.97 Å². The van der Waals surface area contributed by atoms with Crippen molar-refractivity contribution in [2.75, 3.05) is 12.4 Å². The summed E-state index contributed by atoms with van der Waals surface area (Å²) >= 11 is 0. The predicted octanol–water partition coefficient (Wildman–Crippen LogP) is 3.25. The summed E-state index contributed by atoms with van der Waals surface area (Å²) in [6.07, 6.45) is 7.77. The van der Waals surface area contributed by atoms with Gasteiger partial charge in [-0.05, 0) is 36.0 Å². The van der Waals surface area contributed by atoms with Crippen LogP contribution in [0, 0.1) is 16.7 Å². The van der Waals surface area contributed by atoms with E-state index in [2.05, 4.69) is 36.1 Å². The number of nitrogens with one attached hydrogen (secondary N) is 1. The Balaban J connectivity index is 1.65. The molecule has 3 unspecified atom stereocenters. The monoisotopic (exact) mass is 275 g/mol. The summed E-state index contributed by atoms with van der Waals surface area (Å²) in [6.45, 7) is 7.80. The van der Waals surface area contributed by atoms with Gasteiger partial charge in [-0.1, -0.05) is 20.8 Å². The van der Waals surface area contributed by atoms with Gasteiger partial charge in [-0.15, -0.1) is 0 Å². The quantitative estimate of drug-likeness (QED) is 0.916. The molecule has 2 aliphatic rings. The van der Waals surface area contributed by atoms with Gasteiger partial charge < -0.3 is 10.1 Å². The average molecular weight is 275 g/mol. The lowest BCUT2D eigenvalue weighted by atomic mass is 9.70. The highest BCUT2D eigenvalue weighted by Gasteiger charge is 2.61. The van der Waals surface area contributed by atoms with E-state index in [1.165, 1.54) is 19.3 Å². The number of nitrogens with zero attached hydrogens (tertiary/aromatic N) is 2. The Morgan fingerprint density at radius 3 is 2.60 bits per heavy atom. The fourth-order valence-electron chi connectivity index (χ4n) is 4.13. The Labute approximate surface area is 121 Å². The van der Waals surface area contributed by atoms with Crippen molar-refractivity contribution in [2.24, 2.45) is 16.7 Å². The molecule has 0 aliphatic heterocycles. The van der Waals surface area contributed by atoms with Gasteiger partial charge in [0, 0.05) is 7.05 Å². The molecule has 20 heavy (non-hydrogen) atoms. The first-order chi connectivity index (χ1) is 9.47. The van der Waals surface area contributed by atoms with Crippen LogP contribution in [0.2, 0.25) is 0 Å².